The van der Waals surface area contributed by atoms with E-state index in [1.807, 2.05) is 6.07 Å². The van der Waals surface area contributed by atoms with Crippen LogP contribution in [0.15, 0.2) is 29.2 Å². The summed E-state index contributed by atoms with van der Waals surface area (Å²) in [6.45, 7) is 6.38. The summed E-state index contributed by atoms with van der Waals surface area (Å²) in [6, 6.07) is 5.66. The van der Waals surface area contributed by atoms with Gasteiger partial charge >= 0.3 is 6.09 Å². The van der Waals surface area contributed by atoms with Crippen molar-refractivity contribution in [1.29, 1.82) is 5.26 Å². The molecule has 1 aromatic carbocycles. The summed E-state index contributed by atoms with van der Waals surface area (Å²) in [5.41, 5.74) is -0.705. The molecule has 3 heterocycles. The van der Waals surface area contributed by atoms with Crippen molar-refractivity contribution in [3.63, 3.8) is 0 Å². The highest BCUT2D eigenvalue weighted by Crippen LogP contribution is 2.32. The maximum Gasteiger partial charge on any atom is 0.410 e. The van der Waals surface area contributed by atoms with Crippen molar-refractivity contribution in [2.75, 3.05) is 36.4 Å². The van der Waals surface area contributed by atoms with Crippen LogP contribution in [0.4, 0.5) is 30.9 Å². The second-order valence-corrected chi connectivity index (χ2v) is 11.1. The van der Waals surface area contributed by atoms with E-state index in [0.29, 0.717) is 11.0 Å². The van der Waals surface area contributed by atoms with Crippen LogP contribution in [0, 0.1) is 23.0 Å². The number of aromatic nitrogens is 3. The first-order valence-electron chi connectivity index (χ1n) is 13.4. The smallest absolute Gasteiger partial charge is 0.410 e. The second-order valence-electron chi connectivity index (χ2n) is 11.1. The van der Waals surface area contributed by atoms with Crippen LogP contribution in [-0.4, -0.2) is 57.3 Å². The minimum Gasteiger partial charge on any atom is -0.444 e. The third-order valence-electron chi connectivity index (χ3n) is 7.10. The fourth-order valence-electron chi connectivity index (χ4n) is 5.27. The normalized spacial score (nSPS) is 16.3. The molecule has 2 fully saturated rings. The summed E-state index contributed by atoms with van der Waals surface area (Å²) >= 11 is 0. The van der Waals surface area contributed by atoms with Gasteiger partial charge < -0.3 is 19.9 Å². The van der Waals surface area contributed by atoms with Crippen molar-refractivity contribution in [1.82, 2.24) is 19.4 Å². The summed E-state index contributed by atoms with van der Waals surface area (Å²) in [6.07, 6.45) is 4.60. The molecule has 0 spiro atoms. The maximum absolute atomic E-state index is 15.2. The lowest BCUT2D eigenvalue weighted by Gasteiger charge is -2.37. The Morgan fingerprint density at radius 1 is 1.10 bits per heavy atom. The van der Waals surface area contributed by atoms with Gasteiger partial charge in [-0.2, -0.15) is 10.2 Å². The number of ether oxygens (including phenoxy) is 1. The molecule has 1 amide bonds. The number of halogens is 2. The molecule has 0 unspecified atom stereocenters. The number of carbonyl (C=O) groups is 1. The number of hydrogen-bond donors (Lipinski definition) is 1. The first-order chi connectivity index (χ1) is 19.0. The van der Waals surface area contributed by atoms with E-state index in [1.54, 1.807) is 30.2 Å². The lowest BCUT2D eigenvalue weighted by molar-refractivity contribution is 0.0240. The van der Waals surface area contributed by atoms with Crippen LogP contribution in [-0.2, 0) is 4.74 Å². The van der Waals surface area contributed by atoms with Gasteiger partial charge in [0.05, 0.1) is 0 Å². The first kappa shape index (κ1) is 27.3. The van der Waals surface area contributed by atoms with E-state index in [1.165, 1.54) is 17.2 Å². The second kappa shape index (κ2) is 10.7. The molecular formula is C28H31F2N7O3. The van der Waals surface area contributed by atoms with Gasteiger partial charge in [-0.05, 0) is 51.8 Å². The van der Waals surface area contributed by atoms with Gasteiger partial charge in [0, 0.05) is 49.5 Å². The number of fused-ring (bicyclic) bond motifs is 1. The molecule has 3 aromatic rings. The minimum absolute atomic E-state index is 0.0235. The zero-order chi connectivity index (χ0) is 28.6. The third kappa shape index (κ3) is 5.54. The molecule has 10 nitrogen and oxygen atoms in total. The van der Waals surface area contributed by atoms with Gasteiger partial charge in [-0.1, -0.05) is 12.8 Å². The van der Waals surface area contributed by atoms with E-state index in [9.17, 15) is 14.9 Å². The number of nitrogens with zero attached hydrogens (tertiary/aromatic N) is 6. The van der Waals surface area contributed by atoms with Gasteiger partial charge in [0.1, 0.15) is 28.6 Å². The van der Waals surface area contributed by atoms with Crippen LogP contribution < -0.4 is 15.8 Å². The van der Waals surface area contributed by atoms with Crippen LogP contribution in [0.25, 0.3) is 11.0 Å². The fraction of sp³-hybridized carbons (Fsp3) is 0.464. The number of anilines is 3. The van der Waals surface area contributed by atoms with Crippen molar-refractivity contribution in [3.8, 4) is 6.07 Å². The quantitative estimate of drug-likeness (QED) is 0.489. The SMILES string of the molecule is CC(C)(C)OC(=O)N1CCN(c2c(F)cc(Nc3ncc4cc(C#N)c(=O)n(C5CCCC5)c4n3)cc2F)CC1. The molecule has 210 valence electrons. The van der Waals surface area contributed by atoms with Crippen LogP contribution in [0.2, 0.25) is 0 Å². The third-order valence-corrected chi connectivity index (χ3v) is 7.10. The molecule has 0 radical (unpaired) electrons. The predicted octanol–water partition coefficient (Wildman–Crippen LogP) is 4.86. The lowest BCUT2D eigenvalue weighted by Crippen LogP contribution is -2.50. The lowest BCUT2D eigenvalue weighted by atomic mass is 10.2. The molecule has 40 heavy (non-hydrogen) atoms. The van der Waals surface area contributed by atoms with E-state index in [0.717, 1.165) is 37.8 Å². The number of amides is 1. The Kier molecular flexibility index (Phi) is 7.31. The molecule has 1 saturated heterocycles. The van der Waals surface area contributed by atoms with Crippen LogP contribution in [0.1, 0.15) is 58.1 Å². The summed E-state index contributed by atoms with van der Waals surface area (Å²) in [5, 5.41) is 12.8. The standard InChI is InChI=1S/C28H31F2N7O3/c1-28(2,3)40-27(39)36-10-8-35(9-11-36)23-21(29)13-19(14-22(23)30)33-26-32-16-18-12-17(15-31)25(38)37(24(18)34-26)20-6-4-5-7-20/h12-14,16,20H,4-11H2,1-3H3,(H,32,33,34). The molecule has 1 aliphatic heterocycles. The first-order valence-corrected chi connectivity index (χ1v) is 13.4. The summed E-state index contributed by atoms with van der Waals surface area (Å²) in [7, 11) is 0. The Balaban J connectivity index is 1.36. The summed E-state index contributed by atoms with van der Waals surface area (Å²) < 4.78 is 37.3. The average molecular weight is 552 g/mol. The zero-order valence-corrected chi connectivity index (χ0v) is 22.7. The van der Waals surface area contributed by atoms with Crippen LogP contribution >= 0.6 is 0 Å². The number of hydrogen-bond acceptors (Lipinski definition) is 8. The number of benzene rings is 1. The monoisotopic (exact) mass is 551 g/mol. The number of nitrogens with one attached hydrogen (secondary N) is 1. The Morgan fingerprint density at radius 3 is 2.35 bits per heavy atom. The van der Waals surface area contributed by atoms with E-state index >= 15 is 8.78 Å². The summed E-state index contributed by atoms with van der Waals surface area (Å²) in [4.78, 5) is 37.1. The number of pyridine rings is 1. The van der Waals surface area contributed by atoms with Gasteiger partial charge in [0.15, 0.2) is 11.6 Å². The van der Waals surface area contributed by atoms with Gasteiger partial charge in [-0.15, -0.1) is 0 Å². The van der Waals surface area contributed by atoms with E-state index in [2.05, 4.69) is 15.3 Å². The zero-order valence-electron chi connectivity index (χ0n) is 22.7. The van der Waals surface area contributed by atoms with Crippen molar-refractivity contribution >= 4 is 34.4 Å². The topological polar surface area (TPSA) is 116 Å². The average Bonchev–Trinajstić information content (AvgIpc) is 3.42. The van der Waals surface area contributed by atoms with E-state index < -0.39 is 28.9 Å². The Bertz CT molecular complexity index is 1520. The fourth-order valence-corrected chi connectivity index (χ4v) is 5.27. The Labute approximate surface area is 230 Å². The molecule has 0 bridgehead atoms. The molecule has 0 atom stereocenters. The number of piperazine rings is 1. The van der Waals surface area contributed by atoms with Gasteiger partial charge in [0.2, 0.25) is 5.95 Å². The highest BCUT2D eigenvalue weighted by Gasteiger charge is 2.28. The highest BCUT2D eigenvalue weighted by molar-refractivity contribution is 5.77. The van der Waals surface area contributed by atoms with Gasteiger partial charge in [-0.25, -0.2) is 18.6 Å². The van der Waals surface area contributed by atoms with Crippen LogP contribution in [0.5, 0.6) is 0 Å². The Hall–Kier alpha value is -4.27. The minimum atomic E-state index is -0.768. The van der Waals surface area contributed by atoms with E-state index in [-0.39, 0.29) is 55.1 Å². The molecule has 5 rings (SSSR count). The molecule has 12 heteroatoms. The van der Waals surface area contributed by atoms with Crippen molar-refractivity contribution in [3.05, 3.63) is 51.9 Å². The maximum atomic E-state index is 15.2. The number of nitriles is 1. The molecule has 2 aliphatic rings. The molecular weight excluding hydrogens is 520 g/mol. The Morgan fingerprint density at radius 2 is 1.75 bits per heavy atom. The molecule has 1 N–H and O–H groups in total. The molecule has 1 aliphatic carbocycles. The highest BCUT2D eigenvalue weighted by atomic mass is 19.1. The van der Waals surface area contributed by atoms with Gasteiger partial charge in [0.25, 0.3) is 5.56 Å². The largest absolute Gasteiger partial charge is 0.444 e. The summed E-state index contributed by atoms with van der Waals surface area (Å²) in [5.74, 6) is -1.47. The number of carbonyl (C=O) groups excluding carboxylic acids is 1. The van der Waals surface area contributed by atoms with E-state index in [4.69, 9.17) is 4.74 Å². The van der Waals surface area contributed by atoms with Crippen molar-refractivity contribution in [2.24, 2.45) is 0 Å². The van der Waals surface area contributed by atoms with Crippen molar-refractivity contribution < 1.29 is 18.3 Å². The molecule has 2 aromatic heterocycles. The predicted molar refractivity (Wildman–Crippen MR) is 146 cm³/mol. The van der Waals surface area contributed by atoms with Gasteiger partial charge in [-0.3, -0.25) is 9.36 Å². The van der Waals surface area contributed by atoms with Crippen LogP contribution in [0.3, 0.4) is 0 Å². The van der Waals surface area contributed by atoms with Crippen molar-refractivity contribution in [2.45, 2.75) is 58.1 Å². The number of rotatable bonds is 4. The molecule has 1 saturated carbocycles.